The number of carbonyl (C=O) groups excluding carboxylic acids is 1. The molecule has 100 valence electrons. The Bertz CT molecular complexity index is 574. The Hall–Kier alpha value is -1.86. The van der Waals surface area contributed by atoms with E-state index in [4.69, 9.17) is 9.47 Å². The van der Waals surface area contributed by atoms with Gasteiger partial charge in [0, 0.05) is 36.7 Å². The topological polar surface area (TPSA) is 61.3 Å². The molecular formula is C12H11FN2O3S. The number of aromatic nitrogens is 2. The van der Waals surface area contributed by atoms with Gasteiger partial charge in [-0.25, -0.2) is 4.39 Å². The zero-order chi connectivity index (χ0) is 13.7. The van der Waals surface area contributed by atoms with E-state index in [2.05, 4.69) is 9.36 Å². The maximum absolute atomic E-state index is 13.2. The molecule has 0 saturated heterocycles. The number of hydrogen-bond acceptors (Lipinski definition) is 6. The molecule has 0 saturated carbocycles. The van der Waals surface area contributed by atoms with Crippen molar-refractivity contribution in [2.24, 2.45) is 0 Å². The van der Waals surface area contributed by atoms with Gasteiger partial charge in [-0.15, -0.1) is 0 Å². The molecule has 0 aliphatic carbocycles. The fourth-order valence-electron chi connectivity index (χ4n) is 1.39. The minimum absolute atomic E-state index is 0.208. The van der Waals surface area contributed by atoms with Gasteiger partial charge in [0.15, 0.2) is 0 Å². The smallest absolute Gasteiger partial charge is 0.298 e. The lowest BCUT2D eigenvalue weighted by molar-refractivity contribution is 0.112. The number of halogens is 1. The molecule has 0 unspecified atom stereocenters. The van der Waals surface area contributed by atoms with Crippen molar-refractivity contribution >= 4 is 17.8 Å². The van der Waals surface area contributed by atoms with Crippen LogP contribution >= 0.6 is 11.5 Å². The third-order valence-electron chi connectivity index (χ3n) is 2.21. The van der Waals surface area contributed by atoms with E-state index in [0.29, 0.717) is 30.3 Å². The molecule has 19 heavy (non-hydrogen) atoms. The molecule has 2 aromatic rings. The fraction of sp³-hybridized carbons (Fsp3) is 0.250. The molecule has 0 N–H and O–H groups in total. The largest absolute Gasteiger partial charge is 0.430 e. The SMILES string of the molecule is COCCc1nsc(Oc2cc(F)cc(C=O)c2)n1. The van der Waals surface area contributed by atoms with Gasteiger partial charge in [-0.3, -0.25) is 4.79 Å². The lowest BCUT2D eigenvalue weighted by Crippen LogP contribution is -1.96. The van der Waals surface area contributed by atoms with Crippen LogP contribution in [0.2, 0.25) is 0 Å². The second-order valence-corrected chi connectivity index (χ2v) is 4.37. The molecule has 5 nitrogen and oxygen atoms in total. The molecule has 7 heteroatoms. The van der Waals surface area contributed by atoms with E-state index < -0.39 is 5.82 Å². The first kappa shape index (κ1) is 13.6. The normalized spacial score (nSPS) is 10.4. The van der Waals surface area contributed by atoms with Crippen molar-refractivity contribution in [1.82, 2.24) is 9.36 Å². The van der Waals surface area contributed by atoms with E-state index in [9.17, 15) is 9.18 Å². The maximum atomic E-state index is 13.2. The molecule has 0 radical (unpaired) electrons. The number of ether oxygens (including phenoxy) is 2. The minimum Gasteiger partial charge on any atom is -0.430 e. The minimum atomic E-state index is -0.538. The molecule has 0 amide bonds. The van der Waals surface area contributed by atoms with E-state index in [-0.39, 0.29) is 11.3 Å². The molecule has 0 spiro atoms. The molecule has 1 aromatic carbocycles. The van der Waals surface area contributed by atoms with Gasteiger partial charge in [0.05, 0.1) is 6.61 Å². The summed E-state index contributed by atoms with van der Waals surface area (Å²) in [6.45, 7) is 0.519. The molecule has 0 aliphatic heterocycles. The average molecular weight is 282 g/mol. The standard InChI is InChI=1S/C12H11FN2O3S/c1-17-3-2-11-14-12(19-15-11)18-10-5-8(7-16)4-9(13)6-10/h4-7H,2-3H2,1H3. The molecular weight excluding hydrogens is 271 g/mol. The van der Waals surface area contributed by atoms with Crippen molar-refractivity contribution in [1.29, 1.82) is 0 Å². The van der Waals surface area contributed by atoms with E-state index in [0.717, 1.165) is 17.6 Å². The first-order chi connectivity index (χ1) is 9.21. The van der Waals surface area contributed by atoms with Crippen molar-refractivity contribution in [3.05, 3.63) is 35.4 Å². The van der Waals surface area contributed by atoms with Crippen LogP contribution in [0.5, 0.6) is 10.9 Å². The number of methoxy groups -OCH3 is 1. The van der Waals surface area contributed by atoms with Crippen molar-refractivity contribution in [3.8, 4) is 10.9 Å². The van der Waals surface area contributed by atoms with Gasteiger partial charge < -0.3 is 9.47 Å². The Balaban J connectivity index is 2.10. The van der Waals surface area contributed by atoms with Gasteiger partial charge in [-0.1, -0.05) is 0 Å². The predicted molar refractivity (Wildman–Crippen MR) is 67.4 cm³/mol. The molecule has 0 fully saturated rings. The second-order valence-electron chi connectivity index (χ2n) is 3.66. The summed E-state index contributed by atoms with van der Waals surface area (Å²) in [6, 6.07) is 3.75. The zero-order valence-electron chi connectivity index (χ0n) is 10.1. The Morgan fingerprint density at radius 3 is 3.00 bits per heavy atom. The first-order valence-electron chi connectivity index (χ1n) is 5.46. The van der Waals surface area contributed by atoms with Crippen LogP contribution in [0.15, 0.2) is 18.2 Å². The van der Waals surface area contributed by atoms with Crippen LogP contribution in [0, 0.1) is 5.82 Å². The van der Waals surface area contributed by atoms with Crippen LogP contribution in [0.3, 0.4) is 0 Å². The Morgan fingerprint density at radius 1 is 1.42 bits per heavy atom. The number of nitrogens with zero attached hydrogens (tertiary/aromatic N) is 2. The summed E-state index contributed by atoms with van der Waals surface area (Å²) in [5.74, 6) is 0.286. The highest BCUT2D eigenvalue weighted by atomic mass is 32.1. The third kappa shape index (κ3) is 3.80. The monoisotopic (exact) mass is 282 g/mol. The van der Waals surface area contributed by atoms with Gasteiger partial charge in [-0.05, 0) is 12.1 Å². The van der Waals surface area contributed by atoms with Gasteiger partial charge in [0.1, 0.15) is 23.7 Å². The summed E-state index contributed by atoms with van der Waals surface area (Å²) >= 11 is 1.06. The maximum Gasteiger partial charge on any atom is 0.298 e. The molecule has 1 heterocycles. The first-order valence-corrected chi connectivity index (χ1v) is 6.24. The number of benzene rings is 1. The van der Waals surface area contributed by atoms with E-state index >= 15 is 0 Å². The predicted octanol–water partition coefficient (Wildman–Crippen LogP) is 2.47. The molecule has 1 aromatic heterocycles. The summed E-state index contributed by atoms with van der Waals surface area (Å²) in [6.07, 6.45) is 1.14. The van der Waals surface area contributed by atoms with E-state index in [1.807, 2.05) is 0 Å². The van der Waals surface area contributed by atoms with Gasteiger partial charge in [0.25, 0.3) is 5.19 Å². The fourth-order valence-corrected chi connectivity index (χ4v) is 1.98. The summed E-state index contributed by atoms with van der Waals surface area (Å²) in [5.41, 5.74) is 0.208. The van der Waals surface area contributed by atoms with Crippen LogP contribution in [-0.4, -0.2) is 29.4 Å². The summed E-state index contributed by atoms with van der Waals surface area (Å²) in [4.78, 5) is 14.7. The van der Waals surface area contributed by atoms with Gasteiger partial charge >= 0.3 is 0 Å². The van der Waals surface area contributed by atoms with Crippen LogP contribution in [0.4, 0.5) is 4.39 Å². The molecule has 0 atom stereocenters. The quantitative estimate of drug-likeness (QED) is 0.762. The average Bonchev–Trinajstić information content (AvgIpc) is 2.83. The molecule has 0 aliphatic rings. The van der Waals surface area contributed by atoms with Gasteiger partial charge in [-0.2, -0.15) is 9.36 Å². The van der Waals surface area contributed by atoms with Crippen LogP contribution in [-0.2, 0) is 11.2 Å². The highest BCUT2D eigenvalue weighted by molar-refractivity contribution is 7.07. The lowest BCUT2D eigenvalue weighted by Gasteiger charge is -2.02. The van der Waals surface area contributed by atoms with Gasteiger partial charge in [0.2, 0.25) is 0 Å². The van der Waals surface area contributed by atoms with Crippen molar-refractivity contribution < 1.29 is 18.7 Å². The van der Waals surface area contributed by atoms with Crippen molar-refractivity contribution in [3.63, 3.8) is 0 Å². The highest BCUT2D eigenvalue weighted by Crippen LogP contribution is 2.24. The second kappa shape index (κ2) is 6.35. The number of carbonyl (C=O) groups is 1. The summed E-state index contributed by atoms with van der Waals surface area (Å²) in [5, 5.41) is 0.300. The number of hydrogen-bond donors (Lipinski definition) is 0. The van der Waals surface area contributed by atoms with Crippen LogP contribution in [0.1, 0.15) is 16.2 Å². The van der Waals surface area contributed by atoms with Crippen molar-refractivity contribution in [2.75, 3.05) is 13.7 Å². The number of rotatable bonds is 6. The Labute approximate surface area is 113 Å². The molecule has 0 bridgehead atoms. The lowest BCUT2D eigenvalue weighted by atomic mass is 10.2. The van der Waals surface area contributed by atoms with E-state index in [1.54, 1.807) is 7.11 Å². The van der Waals surface area contributed by atoms with Crippen LogP contribution < -0.4 is 4.74 Å². The highest BCUT2D eigenvalue weighted by Gasteiger charge is 2.08. The Morgan fingerprint density at radius 2 is 2.26 bits per heavy atom. The van der Waals surface area contributed by atoms with E-state index in [1.165, 1.54) is 12.1 Å². The zero-order valence-corrected chi connectivity index (χ0v) is 10.9. The summed E-state index contributed by atoms with van der Waals surface area (Å²) in [7, 11) is 1.59. The van der Waals surface area contributed by atoms with Crippen LogP contribution in [0.25, 0.3) is 0 Å². The number of aldehydes is 1. The van der Waals surface area contributed by atoms with Crippen molar-refractivity contribution in [2.45, 2.75) is 6.42 Å². The molecule has 2 rings (SSSR count). The summed E-state index contributed by atoms with van der Waals surface area (Å²) < 4.78 is 27.6. The third-order valence-corrected chi connectivity index (χ3v) is 2.85. The Kier molecular flexibility index (Phi) is 4.53.